The molecule has 0 aromatic carbocycles. The molecule has 0 saturated carbocycles. The van der Waals surface area contributed by atoms with Gasteiger partial charge in [-0.25, -0.2) is 4.79 Å². The van der Waals surface area contributed by atoms with Crippen molar-refractivity contribution in [1.29, 1.82) is 0 Å². The van der Waals surface area contributed by atoms with E-state index in [-0.39, 0.29) is 18.9 Å². The second-order valence-corrected chi connectivity index (χ2v) is 4.46. The predicted octanol–water partition coefficient (Wildman–Crippen LogP) is -1.67. The second kappa shape index (κ2) is 7.05. The van der Waals surface area contributed by atoms with Gasteiger partial charge in [0, 0.05) is 13.0 Å². The Labute approximate surface area is 110 Å². The molecule has 1 fully saturated rings. The average Bonchev–Trinajstić information content (AvgIpc) is 2.82. The van der Waals surface area contributed by atoms with Crippen molar-refractivity contribution in [1.82, 2.24) is 5.32 Å². The molecule has 1 heterocycles. The largest absolute Gasteiger partial charge is 0.480 e. The summed E-state index contributed by atoms with van der Waals surface area (Å²) in [6.07, 6.45) is 0.204. The van der Waals surface area contributed by atoms with Crippen LogP contribution in [0.25, 0.3) is 0 Å². The highest BCUT2D eigenvalue weighted by molar-refractivity contribution is 5.86. The molecule has 19 heavy (non-hydrogen) atoms. The molecule has 0 aliphatic carbocycles. The number of carbonyl (C=O) groups is 3. The van der Waals surface area contributed by atoms with Gasteiger partial charge in [0.15, 0.2) is 0 Å². The number of amides is 2. The van der Waals surface area contributed by atoms with E-state index < -0.39 is 29.9 Å². The van der Waals surface area contributed by atoms with E-state index in [0.29, 0.717) is 19.4 Å². The van der Waals surface area contributed by atoms with Crippen LogP contribution in [0.5, 0.6) is 0 Å². The van der Waals surface area contributed by atoms with E-state index in [1.54, 1.807) is 0 Å². The molecule has 3 atom stereocenters. The van der Waals surface area contributed by atoms with E-state index in [1.807, 2.05) is 0 Å². The smallest absolute Gasteiger partial charge is 0.326 e. The number of primary amides is 1. The standard InChI is InChI=1S/C11H19N3O5/c12-5-6-1-3-8(19-6)10(16)14-7(11(17)18)2-4-9(13)15/h6-8H,1-5,12H2,(H2,13,15)(H,14,16)(H,17,18)/t6?,7-,8?/m0/s1. The van der Waals surface area contributed by atoms with Crippen molar-refractivity contribution in [3.63, 3.8) is 0 Å². The highest BCUT2D eigenvalue weighted by Crippen LogP contribution is 2.19. The fourth-order valence-corrected chi connectivity index (χ4v) is 1.88. The maximum atomic E-state index is 11.8. The molecule has 1 saturated heterocycles. The summed E-state index contributed by atoms with van der Waals surface area (Å²) < 4.78 is 5.36. The van der Waals surface area contributed by atoms with Crippen molar-refractivity contribution in [3.05, 3.63) is 0 Å². The first-order valence-electron chi connectivity index (χ1n) is 6.11. The first-order chi connectivity index (χ1) is 8.93. The molecule has 0 bridgehead atoms. The van der Waals surface area contributed by atoms with Crippen molar-refractivity contribution in [2.24, 2.45) is 11.5 Å². The van der Waals surface area contributed by atoms with Gasteiger partial charge in [-0.3, -0.25) is 9.59 Å². The van der Waals surface area contributed by atoms with Gasteiger partial charge in [0.05, 0.1) is 6.10 Å². The van der Waals surface area contributed by atoms with Gasteiger partial charge in [0.25, 0.3) is 0 Å². The fraction of sp³-hybridized carbons (Fsp3) is 0.727. The molecule has 0 spiro atoms. The molecule has 6 N–H and O–H groups in total. The number of aliphatic carboxylic acids is 1. The molecule has 1 aliphatic heterocycles. The monoisotopic (exact) mass is 273 g/mol. The number of nitrogens with one attached hydrogen (secondary N) is 1. The topological polar surface area (TPSA) is 145 Å². The maximum Gasteiger partial charge on any atom is 0.326 e. The second-order valence-electron chi connectivity index (χ2n) is 4.46. The summed E-state index contributed by atoms with van der Waals surface area (Å²) in [6, 6.07) is -1.14. The number of hydrogen-bond donors (Lipinski definition) is 4. The Morgan fingerprint density at radius 3 is 2.53 bits per heavy atom. The lowest BCUT2D eigenvalue weighted by molar-refractivity contribution is -0.144. The Kier molecular flexibility index (Phi) is 5.71. The van der Waals surface area contributed by atoms with E-state index in [1.165, 1.54) is 0 Å². The number of ether oxygens (including phenoxy) is 1. The zero-order valence-electron chi connectivity index (χ0n) is 10.5. The van der Waals surface area contributed by atoms with E-state index >= 15 is 0 Å². The molecule has 108 valence electrons. The molecular formula is C11H19N3O5. The van der Waals surface area contributed by atoms with E-state index in [4.69, 9.17) is 21.3 Å². The van der Waals surface area contributed by atoms with E-state index in [0.717, 1.165) is 0 Å². The zero-order chi connectivity index (χ0) is 14.4. The lowest BCUT2D eigenvalue weighted by Gasteiger charge is -2.17. The molecule has 0 aromatic heterocycles. The van der Waals surface area contributed by atoms with Crippen LogP contribution in [-0.2, 0) is 19.1 Å². The molecule has 2 unspecified atom stereocenters. The van der Waals surface area contributed by atoms with Gasteiger partial charge in [-0.15, -0.1) is 0 Å². The molecule has 0 radical (unpaired) electrons. The first-order valence-corrected chi connectivity index (χ1v) is 6.11. The van der Waals surface area contributed by atoms with Crippen molar-refractivity contribution < 1.29 is 24.2 Å². The molecule has 8 nitrogen and oxygen atoms in total. The van der Waals surface area contributed by atoms with Crippen LogP contribution in [0.4, 0.5) is 0 Å². The van der Waals surface area contributed by atoms with Gasteiger partial charge < -0.3 is 26.6 Å². The van der Waals surface area contributed by atoms with Gasteiger partial charge in [-0.05, 0) is 19.3 Å². The van der Waals surface area contributed by atoms with Crippen LogP contribution in [0.15, 0.2) is 0 Å². The Morgan fingerprint density at radius 1 is 1.37 bits per heavy atom. The van der Waals surface area contributed by atoms with Crippen LogP contribution in [0.2, 0.25) is 0 Å². The Hall–Kier alpha value is -1.67. The van der Waals surface area contributed by atoms with Gasteiger partial charge in [-0.2, -0.15) is 0 Å². The van der Waals surface area contributed by atoms with Crippen LogP contribution in [0, 0.1) is 0 Å². The number of hydrogen-bond acceptors (Lipinski definition) is 5. The number of carboxylic acid groups (broad SMARTS) is 1. The first kappa shape index (κ1) is 15.4. The van der Waals surface area contributed by atoms with Crippen molar-refractivity contribution in [2.75, 3.05) is 6.54 Å². The van der Waals surface area contributed by atoms with E-state index in [9.17, 15) is 14.4 Å². The summed E-state index contributed by atoms with van der Waals surface area (Å²) in [7, 11) is 0. The predicted molar refractivity (Wildman–Crippen MR) is 64.9 cm³/mol. The fourth-order valence-electron chi connectivity index (χ4n) is 1.88. The lowest BCUT2D eigenvalue weighted by Crippen LogP contribution is -2.46. The summed E-state index contributed by atoms with van der Waals surface area (Å²) in [6.45, 7) is 0.327. The third kappa shape index (κ3) is 4.84. The van der Waals surface area contributed by atoms with Gasteiger partial charge >= 0.3 is 5.97 Å². The highest BCUT2D eigenvalue weighted by atomic mass is 16.5. The molecular weight excluding hydrogens is 254 g/mol. The average molecular weight is 273 g/mol. The van der Waals surface area contributed by atoms with Crippen molar-refractivity contribution in [2.45, 2.75) is 43.9 Å². The minimum atomic E-state index is -1.21. The molecule has 0 aromatic rings. The van der Waals surface area contributed by atoms with Gasteiger partial charge in [0.2, 0.25) is 11.8 Å². The molecule has 2 amide bonds. The number of carboxylic acids is 1. The Morgan fingerprint density at radius 2 is 2.05 bits per heavy atom. The SMILES string of the molecule is NCC1CCC(C(=O)N[C@@H](CCC(N)=O)C(=O)O)O1. The van der Waals surface area contributed by atoms with Gasteiger partial charge in [0.1, 0.15) is 12.1 Å². The third-order valence-electron chi connectivity index (χ3n) is 2.96. The molecule has 8 heteroatoms. The van der Waals surface area contributed by atoms with Crippen molar-refractivity contribution >= 4 is 17.8 Å². The maximum absolute atomic E-state index is 11.8. The summed E-state index contributed by atoms with van der Waals surface area (Å²) >= 11 is 0. The van der Waals surface area contributed by atoms with Crippen LogP contribution >= 0.6 is 0 Å². The summed E-state index contributed by atoms with van der Waals surface area (Å²) in [5.74, 6) is -2.31. The molecule has 1 rings (SSSR count). The lowest BCUT2D eigenvalue weighted by atomic mass is 10.1. The Bertz CT molecular complexity index is 360. The summed E-state index contributed by atoms with van der Waals surface area (Å²) in [5, 5.41) is 11.3. The number of rotatable bonds is 7. The van der Waals surface area contributed by atoms with Crippen molar-refractivity contribution in [3.8, 4) is 0 Å². The quantitative estimate of drug-likeness (QED) is 0.436. The van der Waals surface area contributed by atoms with Crippen LogP contribution in [0.1, 0.15) is 25.7 Å². The Balaban J connectivity index is 2.47. The highest BCUT2D eigenvalue weighted by Gasteiger charge is 2.32. The van der Waals surface area contributed by atoms with Crippen LogP contribution < -0.4 is 16.8 Å². The minimum Gasteiger partial charge on any atom is -0.480 e. The zero-order valence-corrected chi connectivity index (χ0v) is 10.5. The molecule has 1 aliphatic rings. The van der Waals surface area contributed by atoms with Gasteiger partial charge in [-0.1, -0.05) is 0 Å². The summed E-state index contributed by atoms with van der Waals surface area (Å²) in [5.41, 5.74) is 10.4. The van der Waals surface area contributed by atoms with Crippen LogP contribution in [-0.4, -0.2) is 47.7 Å². The number of nitrogens with two attached hydrogens (primary N) is 2. The van der Waals surface area contributed by atoms with Crippen LogP contribution in [0.3, 0.4) is 0 Å². The summed E-state index contributed by atoms with van der Waals surface area (Å²) in [4.78, 5) is 33.4. The van der Waals surface area contributed by atoms with E-state index in [2.05, 4.69) is 5.32 Å². The number of carbonyl (C=O) groups excluding carboxylic acids is 2. The minimum absolute atomic E-state index is 0.0382. The third-order valence-corrected chi connectivity index (χ3v) is 2.96. The normalized spacial score (nSPS) is 23.8.